The summed E-state index contributed by atoms with van der Waals surface area (Å²) in [6.07, 6.45) is 0.830. The van der Waals surface area contributed by atoms with E-state index >= 15 is 0 Å². The number of hydrogen-bond acceptors (Lipinski definition) is 5. The molecule has 2 N–H and O–H groups in total. The first-order valence-corrected chi connectivity index (χ1v) is 10.4. The molecule has 4 rings (SSSR count). The molecule has 2 atom stereocenters. The summed E-state index contributed by atoms with van der Waals surface area (Å²) >= 11 is 0. The number of ether oxygens (including phenoxy) is 2. The standard InChI is InChI=1S/C24H29NO5/c1-23(28)16-24(30-15-21(23)26)10-12-25(13-11-24)22(27)18-8-6-17(7-9-18)19-4-3-5-20(14-19)29-2/h3-9,14,21,26,28H,10-13,15-16H2,1-2H3/t21-,23-/m0/s1. The Kier molecular flexibility index (Phi) is 5.57. The van der Waals surface area contributed by atoms with Gasteiger partial charge in [0.1, 0.15) is 11.9 Å². The van der Waals surface area contributed by atoms with Crippen molar-refractivity contribution >= 4 is 5.91 Å². The van der Waals surface area contributed by atoms with Crippen molar-refractivity contribution in [3.05, 3.63) is 54.1 Å². The van der Waals surface area contributed by atoms with Gasteiger partial charge in [0.05, 0.1) is 24.9 Å². The van der Waals surface area contributed by atoms with Crippen LogP contribution in [0.4, 0.5) is 0 Å². The number of methoxy groups -OCH3 is 1. The fourth-order valence-corrected chi connectivity index (χ4v) is 4.49. The number of carbonyl (C=O) groups is 1. The van der Waals surface area contributed by atoms with Gasteiger partial charge in [-0.3, -0.25) is 4.79 Å². The Hall–Kier alpha value is -2.41. The summed E-state index contributed by atoms with van der Waals surface area (Å²) in [7, 11) is 1.64. The smallest absolute Gasteiger partial charge is 0.253 e. The average Bonchev–Trinajstić information content (AvgIpc) is 2.76. The number of nitrogens with zero attached hydrogens (tertiary/aromatic N) is 1. The average molecular weight is 411 g/mol. The molecule has 1 spiro atoms. The summed E-state index contributed by atoms with van der Waals surface area (Å²) in [6.45, 7) is 2.93. The number of carbonyl (C=O) groups excluding carboxylic acids is 1. The highest BCUT2D eigenvalue weighted by atomic mass is 16.5. The van der Waals surface area contributed by atoms with Crippen LogP contribution in [0.5, 0.6) is 5.75 Å². The molecule has 2 fully saturated rings. The molecule has 0 unspecified atom stereocenters. The molecule has 2 aliphatic rings. The van der Waals surface area contributed by atoms with Crippen LogP contribution in [-0.4, -0.2) is 65.1 Å². The molecule has 0 radical (unpaired) electrons. The second kappa shape index (κ2) is 8.02. The Bertz CT molecular complexity index is 900. The van der Waals surface area contributed by atoms with Crippen LogP contribution in [0.3, 0.4) is 0 Å². The number of rotatable bonds is 3. The van der Waals surface area contributed by atoms with Crippen LogP contribution >= 0.6 is 0 Å². The molecule has 0 saturated carbocycles. The number of benzene rings is 2. The number of aliphatic hydroxyl groups is 2. The first-order chi connectivity index (χ1) is 14.3. The fraction of sp³-hybridized carbons (Fsp3) is 0.458. The molecule has 2 saturated heterocycles. The maximum Gasteiger partial charge on any atom is 0.253 e. The molecule has 0 aromatic heterocycles. The molecule has 2 aromatic rings. The summed E-state index contributed by atoms with van der Waals surface area (Å²) in [5, 5.41) is 20.4. The quantitative estimate of drug-likeness (QED) is 0.812. The lowest BCUT2D eigenvalue weighted by Gasteiger charge is -2.49. The van der Waals surface area contributed by atoms with Gasteiger partial charge >= 0.3 is 0 Å². The Morgan fingerprint density at radius 1 is 1.13 bits per heavy atom. The predicted molar refractivity (Wildman–Crippen MR) is 113 cm³/mol. The summed E-state index contributed by atoms with van der Waals surface area (Å²) < 4.78 is 11.2. The van der Waals surface area contributed by atoms with Crippen LogP contribution in [0.25, 0.3) is 11.1 Å². The van der Waals surface area contributed by atoms with Crippen LogP contribution in [0, 0.1) is 0 Å². The molecule has 6 heteroatoms. The predicted octanol–water partition coefficient (Wildman–Crippen LogP) is 2.87. The summed E-state index contributed by atoms with van der Waals surface area (Å²) in [6, 6.07) is 15.5. The third-order valence-corrected chi connectivity index (χ3v) is 6.44. The zero-order chi connectivity index (χ0) is 21.4. The van der Waals surface area contributed by atoms with Crippen molar-refractivity contribution in [2.24, 2.45) is 0 Å². The van der Waals surface area contributed by atoms with Gasteiger partial charge in [-0.25, -0.2) is 0 Å². The fourth-order valence-electron chi connectivity index (χ4n) is 4.49. The van der Waals surface area contributed by atoms with E-state index in [1.807, 2.05) is 53.4 Å². The normalized spacial score (nSPS) is 25.9. The minimum atomic E-state index is -1.15. The van der Waals surface area contributed by atoms with E-state index in [2.05, 4.69) is 0 Å². The minimum absolute atomic E-state index is 0.00430. The Balaban J connectivity index is 1.41. The van der Waals surface area contributed by atoms with E-state index in [1.54, 1.807) is 14.0 Å². The maximum absolute atomic E-state index is 13.0. The van der Waals surface area contributed by atoms with Gasteiger partial charge in [-0.2, -0.15) is 0 Å². The maximum atomic E-state index is 13.0. The zero-order valence-electron chi connectivity index (χ0n) is 17.5. The molecule has 160 valence electrons. The van der Waals surface area contributed by atoms with Crippen molar-refractivity contribution in [1.29, 1.82) is 0 Å². The van der Waals surface area contributed by atoms with E-state index in [1.165, 1.54) is 0 Å². The van der Waals surface area contributed by atoms with Gasteiger partial charge in [0.15, 0.2) is 0 Å². The van der Waals surface area contributed by atoms with Crippen molar-refractivity contribution in [3.63, 3.8) is 0 Å². The second-order valence-corrected chi connectivity index (χ2v) is 8.65. The zero-order valence-corrected chi connectivity index (χ0v) is 17.5. The Labute approximate surface area is 177 Å². The van der Waals surface area contributed by atoms with Gasteiger partial charge in [-0.05, 0) is 55.2 Å². The third-order valence-electron chi connectivity index (χ3n) is 6.44. The molecule has 2 aromatic carbocycles. The highest BCUT2D eigenvalue weighted by molar-refractivity contribution is 5.94. The van der Waals surface area contributed by atoms with Crippen LogP contribution in [0.1, 0.15) is 36.5 Å². The molecular weight excluding hydrogens is 382 g/mol. The van der Waals surface area contributed by atoms with Gasteiger partial charge in [-0.1, -0.05) is 24.3 Å². The summed E-state index contributed by atoms with van der Waals surface area (Å²) in [5.74, 6) is 0.802. The van der Waals surface area contributed by atoms with Crippen LogP contribution < -0.4 is 4.74 Å². The van der Waals surface area contributed by atoms with E-state index < -0.39 is 17.3 Å². The number of likely N-dealkylation sites (tertiary alicyclic amines) is 1. The number of amides is 1. The molecule has 2 heterocycles. The van der Waals surface area contributed by atoms with Crippen molar-refractivity contribution in [2.75, 3.05) is 26.8 Å². The number of hydrogen-bond donors (Lipinski definition) is 2. The molecule has 30 heavy (non-hydrogen) atoms. The van der Waals surface area contributed by atoms with Crippen molar-refractivity contribution in [3.8, 4) is 16.9 Å². The van der Waals surface area contributed by atoms with Gasteiger partial charge in [-0.15, -0.1) is 0 Å². The molecule has 0 aliphatic carbocycles. The van der Waals surface area contributed by atoms with Crippen LogP contribution in [-0.2, 0) is 4.74 Å². The molecule has 0 bridgehead atoms. The van der Waals surface area contributed by atoms with Gasteiger partial charge in [0.25, 0.3) is 5.91 Å². The number of aliphatic hydroxyl groups excluding tert-OH is 1. The molecular formula is C24H29NO5. The Morgan fingerprint density at radius 3 is 2.47 bits per heavy atom. The van der Waals surface area contributed by atoms with Crippen molar-refractivity contribution < 1.29 is 24.5 Å². The van der Waals surface area contributed by atoms with Crippen LogP contribution in [0.15, 0.2) is 48.5 Å². The SMILES string of the molecule is COc1cccc(-c2ccc(C(=O)N3CCC4(CC3)C[C@](C)(O)[C@@H](O)CO4)cc2)c1. The van der Waals surface area contributed by atoms with E-state index in [9.17, 15) is 15.0 Å². The molecule has 2 aliphatic heterocycles. The highest BCUT2D eigenvalue weighted by Crippen LogP contribution is 2.39. The van der Waals surface area contributed by atoms with E-state index in [0.717, 1.165) is 16.9 Å². The summed E-state index contributed by atoms with van der Waals surface area (Å²) in [5.41, 5.74) is 1.11. The Morgan fingerprint density at radius 2 is 1.83 bits per heavy atom. The van der Waals surface area contributed by atoms with Gasteiger partial charge in [0.2, 0.25) is 0 Å². The lowest BCUT2D eigenvalue weighted by molar-refractivity contribution is -0.221. The second-order valence-electron chi connectivity index (χ2n) is 8.65. The first kappa shape index (κ1) is 20.8. The monoisotopic (exact) mass is 411 g/mol. The first-order valence-electron chi connectivity index (χ1n) is 10.4. The molecule has 6 nitrogen and oxygen atoms in total. The van der Waals surface area contributed by atoms with Gasteiger partial charge in [0, 0.05) is 25.1 Å². The van der Waals surface area contributed by atoms with Gasteiger partial charge < -0.3 is 24.6 Å². The minimum Gasteiger partial charge on any atom is -0.497 e. The van der Waals surface area contributed by atoms with Crippen LogP contribution in [0.2, 0.25) is 0 Å². The topological polar surface area (TPSA) is 79.2 Å². The number of piperidine rings is 1. The highest BCUT2D eigenvalue weighted by Gasteiger charge is 2.49. The summed E-state index contributed by atoms with van der Waals surface area (Å²) in [4.78, 5) is 14.8. The largest absolute Gasteiger partial charge is 0.497 e. The lowest BCUT2D eigenvalue weighted by Crippen LogP contribution is -2.59. The third kappa shape index (κ3) is 4.08. The molecule has 1 amide bonds. The van der Waals surface area contributed by atoms with E-state index in [4.69, 9.17) is 9.47 Å². The van der Waals surface area contributed by atoms with E-state index in [-0.39, 0.29) is 12.5 Å². The van der Waals surface area contributed by atoms with Crippen molar-refractivity contribution in [2.45, 2.75) is 43.5 Å². The van der Waals surface area contributed by atoms with E-state index in [0.29, 0.717) is 37.9 Å². The lowest BCUT2D eigenvalue weighted by atomic mass is 9.76. The van der Waals surface area contributed by atoms with Crippen molar-refractivity contribution in [1.82, 2.24) is 4.90 Å².